The average Bonchev–Trinajstić information content (AvgIpc) is 3.28. The Morgan fingerprint density at radius 3 is 2.76 bits per heavy atom. The van der Waals surface area contributed by atoms with E-state index in [-0.39, 0.29) is 6.10 Å². The number of aliphatic hydroxyl groups is 1. The molecule has 0 radical (unpaired) electrons. The third-order valence-electron chi connectivity index (χ3n) is 7.24. The molecular weight excluding hydrogens is 382 g/mol. The summed E-state index contributed by atoms with van der Waals surface area (Å²) >= 11 is 1.76. The molecule has 29 heavy (non-hydrogen) atoms. The van der Waals surface area contributed by atoms with Crippen LogP contribution in [-0.4, -0.2) is 51.8 Å². The first kappa shape index (κ1) is 20.8. The van der Waals surface area contributed by atoms with Gasteiger partial charge in [-0.05, 0) is 76.9 Å². The zero-order valence-electron chi connectivity index (χ0n) is 17.9. The molecule has 2 aromatic rings. The van der Waals surface area contributed by atoms with Crippen molar-refractivity contribution in [3.05, 3.63) is 29.4 Å². The molecular formula is C23H33N3O2S. The van der Waals surface area contributed by atoms with Crippen molar-refractivity contribution in [1.82, 2.24) is 14.9 Å². The second-order valence-corrected chi connectivity index (χ2v) is 9.95. The number of nitrogens with zero attached hydrogens (tertiary/aromatic N) is 3. The lowest BCUT2D eigenvalue weighted by Gasteiger charge is -2.44. The summed E-state index contributed by atoms with van der Waals surface area (Å²) in [5.74, 6) is 1.07. The number of aryl methyl sites for hydroxylation is 1. The summed E-state index contributed by atoms with van der Waals surface area (Å²) in [6.07, 6.45) is 11.4. The number of fused-ring (bicyclic) bond motifs is 3. The Labute approximate surface area is 177 Å². The first-order valence-corrected chi connectivity index (χ1v) is 11.7. The molecule has 0 saturated heterocycles. The molecule has 1 fully saturated rings. The molecule has 0 bridgehead atoms. The van der Waals surface area contributed by atoms with Gasteiger partial charge in [0.2, 0.25) is 5.88 Å². The van der Waals surface area contributed by atoms with Gasteiger partial charge in [-0.1, -0.05) is 13.0 Å². The molecule has 158 valence electrons. The van der Waals surface area contributed by atoms with Gasteiger partial charge >= 0.3 is 0 Å². The lowest BCUT2D eigenvalue weighted by atomic mass is 9.77. The summed E-state index contributed by atoms with van der Waals surface area (Å²) in [7, 11) is 4.40. The molecule has 1 N–H and O–H groups in total. The fourth-order valence-electron chi connectivity index (χ4n) is 5.27. The van der Waals surface area contributed by atoms with Crippen molar-refractivity contribution >= 4 is 21.6 Å². The van der Waals surface area contributed by atoms with Gasteiger partial charge in [-0.3, -0.25) is 0 Å². The molecule has 0 amide bonds. The number of rotatable bonds is 7. The average molecular weight is 416 g/mol. The molecule has 2 heterocycles. The summed E-state index contributed by atoms with van der Waals surface area (Å²) in [5, 5.41) is 11.2. The van der Waals surface area contributed by atoms with E-state index in [0.29, 0.717) is 17.9 Å². The highest BCUT2D eigenvalue weighted by Gasteiger charge is 2.37. The van der Waals surface area contributed by atoms with Crippen LogP contribution in [-0.2, 0) is 6.42 Å². The first-order valence-electron chi connectivity index (χ1n) is 10.9. The van der Waals surface area contributed by atoms with Crippen LogP contribution in [0.5, 0.6) is 5.88 Å². The molecule has 2 aromatic heterocycles. The van der Waals surface area contributed by atoms with E-state index in [9.17, 15) is 5.11 Å². The van der Waals surface area contributed by atoms with Gasteiger partial charge in [0.15, 0.2) is 0 Å². The maximum absolute atomic E-state index is 10.1. The van der Waals surface area contributed by atoms with Crippen LogP contribution in [0, 0.1) is 0 Å². The lowest BCUT2D eigenvalue weighted by molar-refractivity contribution is 0.0402. The van der Waals surface area contributed by atoms with E-state index in [1.54, 1.807) is 23.7 Å². The number of aliphatic hydroxyl groups excluding tert-OH is 1. The Hall–Kier alpha value is -1.50. The standard InChI is InChI=1S/C23H33N3O2S/c1-5-16(27)13-15-7-8-18-19(15)20-21(24-14-25-22(20)29-18)28-17-9-11-23(6-2,12-10-17)26(3)4/h5,14-17,27H,1,6-13H2,2-4H3/t15-,16+,17?,23?/m1/s1. The minimum Gasteiger partial charge on any atom is -0.474 e. The Bertz CT molecular complexity index is 870. The minimum absolute atomic E-state index is 0.210. The second kappa shape index (κ2) is 8.32. The van der Waals surface area contributed by atoms with E-state index in [0.717, 1.165) is 54.6 Å². The molecule has 2 aliphatic rings. The summed E-state index contributed by atoms with van der Waals surface area (Å²) in [5.41, 5.74) is 1.62. The fourth-order valence-corrected chi connectivity index (χ4v) is 6.51. The highest BCUT2D eigenvalue weighted by atomic mass is 32.1. The number of ether oxygens (including phenoxy) is 1. The second-order valence-electron chi connectivity index (χ2n) is 8.86. The molecule has 0 aliphatic heterocycles. The molecule has 0 unspecified atom stereocenters. The van der Waals surface area contributed by atoms with Crippen molar-refractivity contribution in [3.63, 3.8) is 0 Å². The summed E-state index contributed by atoms with van der Waals surface area (Å²) < 4.78 is 6.50. The third kappa shape index (κ3) is 3.82. The summed E-state index contributed by atoms with van der Waals surface area (Å²) in [4.78, 5) is 13.9. The van der Waals surface area contributed by atoms with Crippen LogP contribution < -0.4 is 4.74 Å². The van der Waals surface area contributed by atoms with Gasteiger partial charge in [-0.2, -0.15) is 0 Å². The number of aromatic nitrogens is 2. The molecule has 2 aliphatic carbocycles. The van der Waals surface area contributed by atoms with E-state index in [1.807, 2.05) is 0 Å². The normalized spacial score (nSPS) is 27.9. The van der Waals surface area contributed by atoms with Gasteiger partial charge in [-0.15, -0.1) is 17.9 Å². The van der Waals surface area contributed by atoms with Crippen LogP contribution >= 0.6 is 11.3 Å². The van der Waals surface area contributed by atoms with Gasteiger partial charge in [-0.25, -0.2) is 9.97 Å². The monoisotopic (exact) mass is 415 g/mol. The molecule has 2 atom stereocenters. The van der Waals surface area contributed by atoms with Crippen LogP contribution in [0.2, 0.25) is 0 Å². The van der Waals surface area contributed by atoms with Crippen LogP contribution in [0.4, 0.5) is 0 Å². The molecule has 5 nitrogen and oxygen atoms in total. The summed E-state index contributed by atoms with van der Waals surface area (Å²) in [6, 6.07) is 0. The molecule has 6 heteroatoms. The van der Waals surface area contributed by atoms with Crippen molar-refractivity contribution in [3.8, 4) is 5.88 Å². The topological polar surface area (TPSA) is 58.5 Å². The van der Waals surface area contributed by atoms with Crippen LogP contribution in [0.25, 0.3) is 10.2 Å². The summed E-state index contributed by atoms with van der Waals surface area (Å²) in [6.45, 7) is 6.03. The molecule has 0 spiro atoms. The van der Waals surface area contributed by atoms with Crippen molar-refractivity contribution in [2.45, 2.75) is 82.0 Å². The van der Waals surface area contributed by atoms with Gasteiger partial charge in [0.05, 0.1) is 11.5 Å². The van der Waals surface area contributed by atoms with Gasteiger partial charge in [0, 0.05) is 10.4 Å². The Morgan fingerprint density at radius 1 is 1.34 bits per heavy atom. The first-order chi connectivity index (χ1) is 14.0. The van der Waals surface area contributed by atoms with Crippen molar-refractivity contribution in [2.75, 3.05) is 14.1 Å². The van der Waals surface area contributed by atoms with Crippen molar-refractivity contribution in [2.24, 2.45) is 0 Å². The van der Waals surface area contributed by atoms with Gasteiger partial charge in [0.1, 0.15) is 17.3 Å². The molecule has 0 aromatic carbocycles. The van der Waals surface area contributed by atoms with Gasteiger partial charge < -0.3 is 14.7 Å². The predicted molar refractivity (Wildman–Crippen MR) is 119 cm³/mol. The third-order valence-corrected chi connectivity index (χ3v) is 8.42. The van der Waals surface area contributed by atoms with E-state index < -0.39 is 6.10 Å². The quantitative estimate of drug-likeness (QED) is 0.665. The Morgan fingerprint density at radius 2 is 2.10 bits per heavy atom. The zero-order chi connectivity index (χ0) is 20.6. The predicted octanol–water partition coefficient (Wildman–Crippen LogP) is 4.69. The smallest absolute Gasteiger partial charge is 0.225 e. The van der Waals surface area contributed by atoms with Crippen molar-refractivity contribution in [1.29, 1.82) is 0 Å². The zero-order valence-corrected chi connectivity index (χ0v) is 18.7. The molecule has 4 rings (SSSR count). The van der Waals surface area contributed by atoms with E-state index in [2.05, 4.69) is 42.5 Å². The van der Waals surface area contributed by atoms with Crippen molar-refractivity contribution < 1.29 is 9.84 Å². The SMILES string of the molecule is C=C[C@H](O)C[C@H]1CCc2sc3ncnc(OC4CCC(CC)(N(C)C)CC4)c3c21. The van der Waals surface area contributed by atoms with E-state index in [1.165, 1.54) is 16.9 Å². The fraction of sp³-hybridized carbons (Fsp3) is 0.652. The maximum atomic E-state index is 10.1. The highest BCUT2D eigenvalue weighted by molar-refractivity contribution is 7.19. The van der Waals surface area contributed by atoms with E-state index >= 15 is 0 Å². The van der Waals surface area contributed by atoms with E-state index in [4.69, 9.17) is 4.74 Å². The Kier molecular flexibility index (Phi) is 5.96. The minimum atomic E-state index is -0.471. The largest absolute Gasteiger partial charge is 0.474 e. The number of hydrogen-bond acceptors (Lipinski definition) is 6. The Balaban J connectivity index is 1.57. The highest BCUT2D eigenvalue weighted by Crippen LogP contribution is 2.48. The van der Waals surface area contributed by atoms with Gasteiger partial charge in [0.25, 0.3) is 0 Å². The van der Waals surface area contributed by atoms with Crippen LogP contribution in [0.3, 0.4) is 0 Å². The number of thiophene rings is 1. The number of hydrogen-bond donors (Lipinski definition) is 1. The van der Waals surface area contributed by atoms with Crippen LogP contribution in [0.1, 0.15) is 68.2 Å². The maximum Gasteiger partial charge on any atom is 0.225 e. The lowest BCUT2D eigenvalue weighted by Crippen LogP contribution is -2.48. The molecule has 1 saturated carbocycles. The van der Waals surface area contributed by atoms with Crippen LogP contribution in [0.15, 0.2) is 19.0 Å².